The molecular weight excluding hydrogens is 240 g/mol. The van der Waals surface area contributed by atoms with Crippen LogP contribution in [0.15, 0.2) is 24.8 Å². The van der Waals surface area contributed by atoms with Gasteiger partial charge in [0.2, 0.25) is 0 Å². The molecule has 0 aromatic heterocycles. The van der Waals surface area contributed by atoms with Crippen LogP contribution >= 0.6 is 0 Å². The molecule has 0 radical (unpaired) electrons. The van der Waals surface area contributed by atoms with Crippen LogP contribution in [0.4, 0.5) is 0 Å². The predicted molar refractivity (Wildman–Crippen MR) is 79.0 cm³/mol. The molecule has 0 N–H and O–H groups in total. The molecule has 0 aliphatic carbocycles. The Morgan fingerprint density at radius 2 is 1.89 bits per heavy atom. The van der Waals surface area contributed by atoms with E-state index in [1.807, 2.05) is 0 Å². The molecule has 0 spiro atoms. The number of hydrogen-bond acceptors (Lipinski definition) is 3. The molecule has 0 fully saturated rings. The Bertz CT molecular complexity index is 269. The Morgan fingerprint density at radius 3 is 2.53 bits per heavy atom. The summed E-state index contributed by atoms with van der Waals surface area (Å²) in [5, 5.41) is 0. The van der Waals surface area contributed by atoms with E-state index in [0.29, 0.717) is 18.8 Å². The molecule has 0 rings (SSSR count). The number of rotatable bonds is 12. The number of unbranched alkanes of at least 4 members (excludes halogenated alkanes) is 3. The van der Waals surface area contributed by atoms with E-state index in [2.05, 4.69) is 27.0 Å². The zero-order chi connectivity index (χ0) is 14.5. The summed E-state index contributed by atoms with van der Waals surface area (Å²) in [7, 11) is 0. The first kappa shape index (κ1) is 17.9. The van der Waals surface area contributed by atoms with E-state index in [0.717, 1.165) is 18.8 Å². The summed E-state index contributed by atoms with van der Waals surface area (Å²) in [6, 6.07) is 0. The molecule has 110 valence electrons. The van der Waals surface area contributed by atoms with Gasteiger partial charge in [-0.1, -0.05) is 52.2 Å². The van der Waals surface area contributed by atoms with Crippen molar-refractivity contribution in [2.75, 3.05) is 19.8 Å². The van der Waals surface area contributed by atoms with Crippen molar-refractivity contribution >= 4 is 5.97 Å². The van der Waals surface area contributed by atoms with E-state index >= 15 is 0 Å². The van der Waals surface area contributed by atoms with Crippen molar-refractivity contribution in [1.29, 1.82) is 0 Å². The van der Waals surface area contributed by atoms with Crippen LogP contribution in [-0.4, -0.2) is 25.8 Å². The molecule has 19 heavy (non-hydrogen) atoms. The van der Waals surface area contributed by atoms with Crippen LogP contribution in [0, 0.1) is 5.92 Å². The molecular formula is C16H28O3. The van der Waals surface area contributed by atoms with Crippen molar-refractivity contribution in [2.24, 2.45) is 5.92 Å². The monoisotopic (exact) mass is 268 g/mol. The minimum atomic E-state index is -0.355. The van der Waals surface area contributed by atoms with Gasteiger partial charge in [0.15, 0.2) is 0 Å². The normalized spacial score (nSPS) is 10.5. The van der Waals surface area contributed by atoms with E-state index in [4.69, 9.17) is 9.47 Å². The van der Waals surface area contributed by atoms with Gasteiger partial charge in [0.05, 0.1) is 25.4 Å². The number of hydrogen-bond donors (Lipinski definition) is 0. The van der Waals surface area contributed by atoms with Gasteiger partial charge in [0.25, 0.3) is 0 Å². The summed E-state index contributed by atoms with van der Waals surface area (Å²) in [6.45, 7) is 12.7. The maximum absolute atomic E-state index is 11.5. The third-order valence-electron chi connectivity index (χ3n) is 2.71. The van der Waals surface area contributed by atoms with E-state index in [-0.39, 0.29) is 12.6 Å². The first-order chi connectivity index (χ1) is 9.07. The minimum absolute atomic E-state index is 0.208. The van der Waals surface area contributed by atoms with E-state index in [1.165, 1.54) is 19.3 Å². The number of esters is 1. The Kier molecular flexibility index (Phi) is 11.3. The molecule has 0 bridgehead atoms. The van der Waals surface area contributed by atoms with Crippen LogP contribution < -0.4 is 0 Å². The lowest BCUT2D eigenvalue weighted by Crippen LogP contribution is -2.12. The summed E-state index contributed by atoms with van der Waals surface area (Å²) >= 11 is 0. The van der Waals surface area contributed by atoms with Crippen LogP contribution in [0.1, 0.15) is 46.0 Å². The number of carbonyl (C=O) groups is 1. The summed E-state index contributed by atoms with van der Waals surface area (Å²) in [4.78, 5) is 11.5. The lowest BCUT2D eigenvalue weighted by Gasteiger charge is -2.07. The molecule has 0 atom stereocenters. The van der Waals surface area contributed by atoms with Crippen LogP contribution in [0.2, 0.25) is 0 Å². The Balaban J connectivity index is 3.42. The van der Waals surface area contributed by atoms with Crippen molar-refractivity contribution in [1.82, 2.24) is 0 Å². The average Bonchev–Trinajstić information content (AvgIpc) is 2.37. The lowest BCUT2D eigenvalue weighted by molar-refractivity contribution is -0.139. The van der Waals surface area contributed by atoms with Gasteiger partial charge in [-0.05, 0) is 12.3 Å². The van der Waals surface area contributed by atoms with Crippen molar-refractivity contribution < 1.29 is 14.3 Å². The van der Waals surface area contributed by atoms with E-state index < -0.39 is 0 Å². The third-order valence-corrected chi connectivity index (χ3v) is 2.71. The molecule has 0 aromatic rings. The molecule has 0 saturated carbocycles. The Labute approximate surface area is 117 Å². The van der Waals surface area contributed by atoms with Crippen LogP contribution in [-0.2, 0) is 14.3 Å². The van der Waals surface area contributed by atoms with Gasteiger partial charge in [-0.3, -0.25) is 0 Å². The fraction of sp³-hybridized carbons (Fsp3) is 0.688. The van der Waals surface area contributed by atoms with Crippen molar-refractivity contribution in [3.8, 4) is 0 Å². The van der Waals surface area contributed by atoms with Gasteiger partial charge in [-0.2, -0.15) is 0 Å². The first-order valence-corrected chi connectivity index (χ1v) is 7.11. The third kappa shape index (κ3) is 11.7. The minimum Gasteiger partial charge on any atom is -0.462 e. The first-order valence-electron chi connectivity index (χ1n) is 7.11. The summed E-state index contributed by atoms with van der Waals surface area (Å²) in [6.07, 6.45) is 7.41. The van der Waals surface area contributed by atoms with Gasteiger partial charge in [0.1, 0.15) is 0 Å². The van der Waals surface area contributed by atoms with Crippen molar-refractivity contribution in [2.45, 2.75) is 46.0 Å². The summed E-state index contributed by atoms with van der Waals surface area (Å²) in [5.74, 6) is 0.419. The highest BCUT2D eigenvalue weighted by molar-refractivity contribution is 5.87. The molecule has 3 heteroatoms. The van der Waals surface area contributed by atoms with Gasteiger partial charge in [-0.15, -0.1) is 6.58 Å². The number of carbonyl (C=O) groups excluding carboxylic acids is 1. The molecule has 0 saturated heterocycles. The fourth-order valence-electron chi connectivity index (χ4n) is 1.60. The maximum atomic E-state index is 11.5. The quantitative estimate of drug-likeness (QED) is 0.233. The van der Waals surface area contributed by atoms with Gasteiger partial charge >= 0.3 is 5.97 Å². The van der Waals surface area contributed by atoms with Gasteiger partial charge in [0, 0.05) is 0 Å². The highest BCUT2D eigenvalue weighted by atomic mass is 16.5. The molecule has 0 aliphatic heterocycles. The average molecular weight is 268 g/mol. The second-order valence-electron chi connectivity index (χ2n) is 5.14. The van der Waals surface area contributed by atoms with Gasteiger partial charge < -0.3 is 9.47 Å². The predicted octanol–water partition coefficient (Wildman–Crippen LogP) is 3.89. The molecule has 3 nitrogen and oxygen atoms in total. The smallest absolute Gasteiger partial charge is 0.335 e. The van der Waals surface area contributed by atoms with Crippen molar-refractivity contribution in [3.05, 3.63) is 24.8 Å². The van der Waals surface area contributed by atoms with Crippen molar-refractivity contribution in [3.63, 3.8) is 0 Å². The molecule has 0 amide bonds. The Hall–Kier alpha value is -1.09. The highest BCUT2D eigenvalue weighted by Gasteiger charge is 2.07. The second kappa shape index (κ2) is 12.0. The largest absolute Gasteiger partial charge is 0.462 e. The molecule has 0 heterocycles. The molecule has 0 aliphatic rings. The van der Waals surface area contributed by atoms with E-state index in [9.17, 15) is 4.79 Å². The van der Waals surface area contributed by atoms with E-state index in [1.54, 1.807) is 6.08 Å². The lowest BCUT2D eigenvalue weighted by atomic mass is 10.0. The zero-order valence-corrected chi connectivity index (χ0v) is 12.5. The van der Waals surface area contributed by atoms with Gasteiger partial charge in [-0.25, -0.2) is 4.79 Å². The second-order valence-corrected chi connectivity index (χ2v) is 5.14. The molecule has 0 aromatic carbocycles. The zero-order valence-electron chi connectivity index (χ0n) is 12.5. The molecule has 0 unspecified atom stereocenters. The number of ether oxygens (including phenoxy) is 2. The summed E-state index contributed by atoms with van der Waals surface area (Å²) < 4.78 is 10.2. The van der Waals surface area contributed by atoms with Crippen LogP contribution in [0.5, 0.6) is 0 Å². The van der Waals surface area contributed by atoms with Crippen LogP contribution in [0.25, 0.3) is 0 Å². The standard InChI is InChI=1S/C16H28O3/c1-5-11-18-13-15(4)16(17)19-12-9-7-6-8-10-14(2)3/h5,14H,1,4,6-13H2,2-3H3. The Morgan fingerprint density at radius 1 is 1.21 bits per heavy atom. The fourth-order valence-corrected chi connectivity index (χ4v) is 1.60. The SMILES string of the molecule is C=CCOCC(=C)C(=O)OCCCCCCC(C)C. The topological polar surface area (TPSA) is 35.5 Å². The maximum Gasteiger partial charge on any atom is 0.335 e. The highest BCUT2D eigenvalue weighted by Crippen LogP contribution is 2.09. The van der Waals surface area contributed by atoms with Crippen LogP contribution in [0.3, 0.4) is 0 Å². The summed E-state index contributed by atoms with van der Waals surface area (Å²) in [5.41, 5.74) is 0.363.